The van der Waals surface area contributed by atoms with E-state index in [1.807, 2.05) is 60.7 Å². The molecule has 12 heteroatoms. The van der Waals surface area contributed by atoms with E-state index in [2.05, 4.69) is 10.6 Å². The van der Waals surface area contributed by atoms with E-state index in [1.54, 1.807) is 30.3 Å². The quantitative estimate of drug-likeness (QED) is 0.173. The Bertz CT molecular complexity index is 1400. The number of amides is 3. The van der Waals surface area contributed by atoms with E-state index in [4.69, 9.17) is 0 Å². The minimum absolute atomic E-state index is 0.0682. The Labute approximate surface area is 257 Å². The molecule has 3 aromatic rings. The molecule has 0 aromatic heterocycles. The molecule has 2 atom stereocenters. The van der Waals surface area contributed by atoms with Gasteiger partial charge in [-0.25, -0.2) is 0 Å². The molecular formula is C33H34F5N3O4. The van der Waals surface area contributed by atoms with Crippen molar-refractivity contribution < 1.29 is 41.1 Å². The Morgan fingerprint density at radius 3 is 1.67 bits per heavy atom. The van der Waals surface area contributed by atoms with E-state index in [1.165, 1.54) is 13.8 Å². The van der Waals surface area contributed by atoms with Crippen molar-refractivity contribution in [2.24, 2.45) is 5.92 Å². The molecule has 0 saturated heterocycles. The zero-order chi connectivity index (χ0) is 33.2. The van der Waals surface area contributed by atoms with Gasteiger partial charge in [0.1, 0.15) is 12.6 Å². The van der Waals surface area contributed by atoms with Crippen LogP contribution in [0.15, 0.2) is 91.0 Å². The predicted octanol–water partition coefficient (Wildman–Crippen LogP) is 4.96. The van der Waals surface area contributed by atoms with Gasteiger partial charge >= 0.3 is 12.1 Å². The van der Waals surface area contributed by atoms with Crippen LogP contribution in [0.1, 0.15) is 42.9 Å². The highest BCUT2D eigenvalue weighted by atomic mass is 19.4. The van der Waals surface area contributed by atoms with Crippen molar-refractivity contribution in [1.82, 2.24) is 16.0 Å². The largest absolute Gasteiger partial charge is 0.405 e. The maximum absolute atomic E-state index is 14.7. The third-order valence-electron chi connectivity index (χ3n) is 7.02. The molecule has 0 aliphatic heterocycles. The number of halogens is 5. The monoisotopic (exact) mass is 631 g/mol. The fraction of sp³-hybridized carbons (Fsp3) is 0.333. The average molecular weight is 632 g/mol. The highest BCUT2D eigenvalue weighted by molar-refractivity contribution is 6.10. The van der Waals surface area contributed by atoms with Crippen LogP contribution in [0.2, 0.25) is 0 Å². The molecule has 45 heavy (non-hydrogen) atoms. The molecule has 3 N–H and O–H groups in total. The number of nitrogens with one attached hydrogen (secondary N) is 3. The molecule has 2 unspecified atom stereocenters. The second kappa shape index (κ2) is 15.4. The second-order valence-electron chi connectivity index (χ2n) is 10.9. The van der Waals surface area contributed by atoms with E-state index < -0.39 is 60.1 Å². The number of ketones is 1. The van der Waals surface area contributed by atoms with Gasteiger partial charge in [0.15, 0.2) is 0 Å². The van der Waals surface area contributed by atoms with E-state index in [-0.39, 0.29) is 18.8 Å². The van der Waals surface area contributed by atoms with Gasteiger partial charge < -0.3 is 16.0 Å². The van der Waals surface area contributed by atoms with Gasteiger partial charge in [-0.1, -0.05) is 105 Å². The molecule has 0 bridgehead atoms. The van der Waals surface area contributed by atoms with E-state index in [9.17, 15) is 41.1 Å². The van der Waals surface area contributed by atoms with Gasteiger partial charge in [0.2, 0.25) is 17.6 Å². The summed E-state index contributed by atoms with van der Waals surface area (Å²) in [6, 6.07) is 23.7. The van der Waals surface area contributed by atoms with Crippen molar-refractivity contribution in [3.05, 3.63) is 108 Å². The highest BCUT2D eigenvalue weighted by Gasteiger charge is 2.52. The molecule has 0 fully saturated rings. The second-order valence-corrected chi connectivity index (χ2v) is 10.9. The molecular weight excluding hydrogens is 597 g/mol. The summed E-state index contributed by atoms with van der Waals surface area (Å²) in [6.45, 7) is 0.578. The first-order chi connectivity index (χ1) is 21.2. The number of benzene rings is 3. The van der Waals surface area contributed by atoms with Crippen LogP contribution in [-0.2, 0) is 25.6 Å². The van der Waals surface area contributed by atoms with Gasteiger partial charge in [-0.3, -0.25) is 19.2 Å². The van der Waals surface area contributed by atoms with Crippen molar-refractivity contribution in [2.75, 3.05) is 6.54 Å². The van der Waals surface area contributed by atoms with Crippen LogP contribution in [-0.4, -0.2) is 54.2 Å². The van der Waals surface area contributed by atoms with Crippen LogP contribution < -0.4 is 16.0 Å². The van der Waals surface area contributed by atoms with E-state index in [0.29, 0.717) is 5.56 Å². The average Bonchev–Trinajstić information content (AvgIpc) is 3.01. The van der Waals surface area contributed by atoms with Gasteiger partial charge in [0.25, 0.3) is 5.91 Å². The van der Waals surface area contributed by atoms with E-state index in [0.717, 1.165) is 16.4 Å². The van der Waals surface area contributed by atoms with Crippen LogP contribution in [0, 0.1) is 5.92 Å². The predicted molar refractivity (Wildman–Crippen MR) is 157 cm³/mol. The number of carbonyl (C=O) groups is 4. The number of Topliss-reactive ketones (excluding diaryl/α,β-unsaturated/α-hetero) is 1. The first-order valence-corrected chi connectivity index (χ1v) is 14.2. The summed E-state index contributed by atoms with van der Waals surface area (Å²) in [5.41, 5.74) is 2.31. The standard InChI is InChI=1S/C33H34F5N3O4/c1-21(2)28(29(43)33(37,38)31(45)39-20-32(34,35)36)41-30(44)26(18-22-12-6-3-7-13-22)40-27(42)19-25(23-14-8-4-9-15-23)24-16-10-5-11-17-24/h3-17,21,25-26,28H,18-20H2,1-2H3,(H,39,45)(H,40,42)(H,41,44). The number of rotatable bonds is 14. The fourth-order valence-electron chi connectivity index (χ4n) is 4.68. The normalized spacial score (nSPS) is 13.2. The summed E-state index contributed by atoms with van der Waals surface area (Å²) in [7, 11) is 0. The van der Waals surface area contributed by atoms with Crippen LogP contribution in [0.4, 0.5) is 22.0 Å². The van der Waals surface area contributed by atoms with Gasteiger partial charge in [0, 0.05) is 18.8 Å². The maximum atomic E-state index is 14.7. The lowest BCUT2D eigenvalue weighted by molar-refractivity contribution is -0.165. The Kier molecular flexibility index (Phi) is 11.9. The molecule has 0 spiro atoms. The number of alkyl halides is 5. The minimum Gasteiger partial charge on any atom is -0.344 e. The molecule has 3 aromatic carbocycles. The summed E-state index contributed by atoms with van der Waals surface area (Å²) < 4.78 is 66.9. The molecule has 7 nitrogen and oxygen atoms in total. The summed E-state index contributed by atoms with van der Waals surface area (Å²) in [4.78, 5) is 51.6. The van der Waals surface area contributed by atoms with Gasteiger partial charge in [-0.15, -0.1) is 0 Å². The molecule has 0 saturated carbocycles. The molecule has 0 aliphatic rings. The van der Waals surface area contributed by atoms with Crippen LogP contribution in [0.3, 0.4) is 0 Å². The summed E-state index contributed by atoms with van der Waals surface area (Å²) in [6.07, 6.45) is -5.12. The number of hydrogen-bond donors (Lipinski definition) is 3. The lowest BCUT2D eigenvalue weighted by Crippen LogP contribution is -2.59. The summed E-state index contributed by atoms with van der Waals surface area (Å²) in [5.74, 6) is -12.3. The van der Waals surface area contributed by atoms with Crippen molar-refractivity contribution in [1.29, 1.82) is 0 Å². The number of carbonyl (C=O) groups excluding carboxylic acids is 4. The first kappa shape index (κ1) is 34.9. The van der Waals surface area contributed by atoms with Crippen molar-refractivity contribution in [3.63, 3.8) is 0 Å². The van der Waals surface area contributed by atoms with Crippen molar-refractivity contribution in [2.45, 2.75) is 56.8 Å². The van der Waals surface area contributed by atoms with Gasteiger partial charge in [-0.05, 0) is 22.6 Å². The van der Waals surface area contributed by atoms with Crippen LogP contribution >= 0.6 is 0 Å². The van der Waals surface area contributed by atoms with Gasteiger partial charge in [-0.2, -0.15) is 22.0 Å². The van der Waals surface area contributed by atoms with E-state index >= 15 is 0 Å². The minimum atomic E-state index is -4.98. The summed E-state index contributed by atoms with van der Waals surface area (Å²) >= 11 is 0. The molecule has 240 valence electrons. The highest BCUT2D eigenvalue weighted by Crippen LogP contribution is 2.28. The molecule has 0 aliphatic carbocycles. The SMILES string of the molecule is CC(C)C(NC(=O)C(Cc1ccccc1)NC(=O)CC(c1ccccc1)c1ccccc1)C(=O)C(F)(F)C(=O)NCC(F)(F)F. The fourth-order valence-corrected chi connectivity index (χ4v) is 4.68. The third-order valence-corrected chi connectivity index (χ3v) is 7.02. The topological polar surface area (TPSA) is 104 Å². The van der Waals surface area contributed by atoms with Crippen LogP contribution in [0.25, 0.3) is 0 Å². The Hall–Kier alpha value is -4.61. The Balaban J connectivity index is 1.84. The molecule has 0 heterocycles. The number of hydrogen-bond acceptors (Lipinski definition) is 4. The molecule has 3 rings (SSSR count). The third kappa shape index (κ3) is 10.2. The zero-order valence-electron chi connectivity index (χ0n) is 24.6. The smallest absolute Gasteiger partial charge is 0.344 e. The zero-order valence-corrected chi connectivity index (χ0v) is 24.6. The summed E-state index contributed by atoms with van der Waals surface area (Å²) in [5, 5.41) is 5.88. The first-order valence-electron chi connectivity index (χ1n) is 14.2. The Morgan fingerprint density at radius 1 is 0.711 bits per heavy atom. The van der Waals surface area contributed by atoms with Crippen molar-refractivity contribution in [3.8, 4) is 0 Å². The maximum Gasteiger partial charge on any atom is 0.405 e. The Morgan fingerprint density at radius 2 is 1.20 bits per heavy atom. The molecule has 0 radical (unpaired) electrons. The van der Waals surface area contributed by atoms with Gasteiger partial charge in [0.05, 0.1) is 6.04 Å². The lowest BCUT2D eigenvalue weighted by Gasteiger charge is -2.28. The molecule has 3 amide bonds. The lowest BCUT2D eigenvalue weighted by atomic mass is 9.88. The van der Waals surface area contributed by atoms with Crippen molar-refractivity contribution >= 4 is 23.5 Å². The van der Waals surface area contributed by atoms with Crippen LogP contribution in [0.5, 0.6) is 0 Å².